The summed E-state index contributed by atoms with van der Waals surface area (Å²) in [4.78, 5) is 27.4. The summed E-state index contributed by atoms with van der Waals surface area (Å²) in [6.07, 6.45) is 4.69. The van der Waals surface area contributed by atoms with Crippen LogP contribution >= 0.6 is 0 Å². The summed E-state index contributed by atoms with van der Waals surface area (Å²) >= 11 is 0. The number of likely N-dealkylation sites (tertiary alicyclic amines) is 1. The lowest BCUT2D eigenvalue weighted by Crippen LogP contribution is -2.49. The van der Waals surface area contributed by atoms with Gasteiger partial charge < -0.3 is 14.9 Å². The van der Waals surface area contributed by atoms with E-state index in [0.29, 0.717) is 31.5 Å². The molecule has 0 aromatic carbocycles. The van der Waals surface area contributed by atoms with Crippen molar-refractivity contribution >= 4 is 12.0 Å². The number of carbonyl (C=O) groups excluding carboxylic acids is 1. The first-order chi connectivity index (χ1) is 9.49. The molecule has 2 aliphatic rings. The molecule has 0 spiro atoms. The van der Waals surface area contributed by atoms with Crippen LogP contribution in [0.25, 0.3) is 0 Å². The minimum absolute atomic E-state index is 0.0547. The summed E-state index contributed by atoms with van der Waals surface area (Å²) in [6.45, 7) is 6.20. The van der Waals surface area contributed by atoms with E-state index in [-0.39, 0.29) is 11.9 Å². The third-order valence-electron chi connectivity index (χ3n) is 4.22. The second-order valence-electron chi connectivity index (χ2n) is 6.51. The lowest BCUT2D eigenvalue weighted by molar-refractivity contribution is -0.143. The summed E-state index contributed by atoms with van der Waals surface area (Å²) < 4.78 is 0. The molecule has 1 heterocycles. The minimum Gasteiger partial charge on any atom is -0.481 e. The van der Waals surface area contributed by atoms with Crippen molar-refractivity contribution in [3.05, 3.63) is 0 Å². The highest BCUT2D eigenvalue weighted by Gasteiger charge is 2.37. The normalized spacial score (nSPS) is 22.9. The predicted molar refractivity (Wildman–Crippen MR) is 76.5 cm³/mol. The molecule has 2 fully saturated rings. The van der Waals surface area contributed by atoms with Crippen molar-refractivity contribution < 1.29 is 14.7 Å². The molecular weight excluding hydrogens is 256 g/mol. The topological polar surface area (TPSA) is 60.9 Å². The number of hydrogen-bond donors (Lipinski definition) is 1. The van der Waals surface area contributed by atoms with Gasteiger partial charge >= 0.3 is 12.0 Å². The Morgan fingerprint density at radius 2 is 2.00 bits per heavy atom. The van der Waals surface area contributed by atoms with E-state index >= 15 is 0 Å². The Balaban J connectivity index is 1.94. The Bertz CT molecular complexity index is 366. The first-order valence-electron chi connectivity index (χ1n) is 7.77. The van der Waals surface area contributed by atoms with E-state index < -0.39 is 5.97 Å². The second kappa shape index (κ2) is 6.46. The average molecular weight is 282 g/mol. The molecule has 1 aliphatic heterocycles. The number of hydrogen-bond acceptors (Lipinski definition) is 2. The van der Waals surface area contributed by atoms with Gasteiger partial charge in [0.25, 0.3) is 0 Å². The van der Waals surface area contributed by atoms with E-state index in [1.54, 1.807) is 4.90 Å². The molecule has 1 saturated heterocycles. The molecule has 0 aromatic heterocycles. The first kappa shape index (κ1) is 15.1. The van der Waals surface area contributed by atoms with Gasteiger partial charge in [0.2, 0.25) is 0 Å². The quantitative estimate of drug-likeness (QED) is 0.842. The maximum atomic E-state index is 12.6. The Hall–Kier alpha value is -1.26. The number of carboxylic acid groups (broad SMARTS) is 1. The van der Waals surface area contributed by atoms with Crippen molar-refractivity contribution in [2.24, 2.45) is 11.8 Å². The Labute approximate surface area is 120 Å². The third-order valence-corrected chi connectivity index (χ3v) is 4.22. The van der Waals surface area contributed by atoms with Gasteiger partial charge in [-0.15, -0.1) is 0 Å². The van der Waals surface area contributed by atoms with Gasteiger partial charge in [-0.2, -0.15) is 0 Å². The summed E-state index contributed by atoms with van der Waals surface area (Å²) in [5, 5.41) is 9.12. The number of carboxylic acids is 1. The van der Waals surface area contributed by atoms with Crippen molar-refractivity contribution in [3.8, 4) is 0 Å². The number of piperidine rings is 1. The fourth-order valence-corrected chi connectivity index (χ4v) is 2.75. The van der Waals surface area contributed by atoms with E-state index in [1.165, 1.54) is 0 Å². The second-order valence-corrected chi connectivity index (χ2v) is 6.51. The first-order valence-corrected chi connectivity index (χ1v) is 7.77. The average Bonchev–Trinajstić information content (AvgIpc) is 3.23. The van der Waals surface area contributed by atoms with Gasteiger partial charge in [0.05, 0.1) is 5.92 Å². The summed E-state index contributed by atoms with van der Waals surface area (Å²) in [5.41, 5.74) is 0. The predicted octanol–water partition coefficient (Wildman–Crippen LogP) is 2.41. The molecule has 1 aliphatic carbocycles. The van der Waals surface area contributed by atoms with Crippen molar-refractivity contribution in [2.75, 3.05) is 19.6 Å². The van der Waals surface area contributed by atoms with Gasteiger partial charge in [-0.25, -0.2) is 4.79 Å². The van der Waals surface area contributed by atoms with Crippen LogP contribution in [0.4, 0.5) is 4.79 Å². The number of aliphatic carboxylic acids is 1. The largest absolute Gasteiger partial charge is 0.481 e. The van der Waals surface area contributed by atoms with Gasteiger partial charge in [-0.05, 0) is 38.0 Å². The number of nitrogens with zero attached hydrogens (tertiary/aromatic N) is 2. The molecule has 5 nitrogen and oxygen atoms in total. The molecular formula is C15H26N2O3. The minimum atomic E-state index is -0.775. The van der Waals surface area contributed by atoms with E-state index in [4.69, 9.17) is 5.11 Å². The molecule has 0 radical (unpaired) electrons. The summed E-state index contributed by atoms with van der Waals surface area (Å²) in [6, 6.07) is 0.450. The highest BCUT2D eigenvalue weighted by atomic mass is 16.4. The number of rotatable bonds is 5. The SMILES string of the molecule is CC(C)CCN(C(=O)N1CCC[C@H](C(=O)O)C1)C1CC1. The fourth-order valence-electron chi connectivity index (χ4n) is 2.75. The van der Waals surface area contributed by atoms with Crippen LogP contribution in [0.3, 0.4) is 0 Å². The lowest BCUT2D eigenvalue weighted by atomic mass is 9.98. The molecule has 2 amide bonds. The highest BCUT2D eigenvalue weighted by Crippen LogP contribution is 2.29. The van der Waals surface area contributed by atoms with Crippen LogP contribution in [0.15, 0.2) is 0 Å². The molecule has 2 rings (SSSR count). The number of amides is 2. The number of urea groups is 1. The smallest absolute Gasteiger partial charge is 0.320 e. The highest BCUT2D eigenvalue weighted by molar-refractivity contribution is 5.77. The van der Waals surface area contributed by atoms with Gasteiger partial charge in [-0.3, -0.25) is 4.79 Å². The van der Waals surface area contributed by atoms with Crippen LogP contribution in [-0.4, -0.2) is 52.6 Å². The Morgan fingerprint density at radius 3 is 2.55 bits per heavy atom. The fraction of sp³-hybridized carbons (Fsp3) is 0.867. The van der Waals surface area contributed by atoms with E-state index in [9.17, 15) is 9.59 Å². The van der Waals surface area contributed by atoms with Gasteiger partial charge in [0.15, 0.2) is 0 Å². The summed E-state index contributed by atoms with van der Waals surface area (Å²) in [5.74, 6) is -0.585. The third kappa shape index (κ3) is 3.87. The van der Waals surface area contributed by atoms with Crippen LogP contribution in [0, 0.1) is 11.8 Å². The lowest BCUT2D eigenvalue weighted by Gasteiger charge is -2.35. The molecule has 20 heavy (non-hydrogen) atoms. The molecule has 0 aromatic rings. The van der Waals surface area contributed by atoms with Crippen LogP contribution in [0.1, 0.15) is 46.0 Å². The molecule has 1 atom stereocenters. The van der Waals surface area contributed by atoms with E-state index in [2.05, 4.69) is 13.8 Å². The van der Waals surface area contributed by atoms with Crippen molar-refractivity contribution in [1.82, 2.24) is 9.80 Å². The molecule has 114 valence electrons. The van der Waals surface area contributed by atoms with Crippen LogP contribution in [0.5, 0.6) is 0 Å². The zero-order chi connectivity index (χ0) is 14.7. The maximum absolute atomic E-state index is 12.6. The van der Waals surface area contributed by atoms with Crippen molar-refractivity contribution in [3.63, 3.8) is 0 Å². The zero-order valence-electron chi connectivity index (χ0n) is 12.5. The van der Waals surface area contributed by atoms with E-state index in [1.807, 2.05) is 4.90 Å². The van der Waals surface area contributed by atoms with Gasteiger partial charge in [0.1, 0.15) is 0 Å². The van der Waals surface area contributed by atoms with Crippen molar-refractivity contribution in [2.45, 2.75) is 52.0 Å². The Morgan fingerprint density at radius 1 is 1.30 bits per heavy atom. The number of carbonyl (C=O) groups is 2. The van der Waals surface area contributed by atoms with Crippen LogP contribution in [-0.2, 0) is 4.79 Å². The van der Waals surface area contributed by atoms with Gasteiger partial charge in [-0.1, -0.05) is 13.8 Å². The Kier molecular flexibility index (Phi) is 4.89. The van der Waals surface area contributed by atoms with Crippen LogP contribution < -0.4 is 0 Å². The molecule has 5 heteroatoms. The summed E-state index contributed by atoms with van der Waals surface area (Å²) in [7, 11) is 0. The van der Waals surface area contributed by atoms with Gasteiger partial charge in [0, 0.05) is 25.7 Å². The van der Waals surface area contributed by atoms with Crippen molar-refractivity contribution in [1.29, 1.82) is 0 Å². The zero-order valence-corrected chi connectivity index (χ0v) is 12.5. The molecule has 1 N–H and O–H groups in total. The monoisotopic (exact) mass is 282 g/mol. The molecule has 1 saturated carbocycles. The molecule has 0 unspecified atom stereocenters. The standard InChI is InChI=1S/C15H26N2O3/c1-11(2)7-9-17(13-5-6-13)15(20)16-8-3-4-12(10-16)14(18)19/h11-13H,3-10H2,1-2H3,(H,18,19)/t12-/m0/s1. The van der Waals surface area contributed by atoms with Crippen LogP contribution in [0.2, 0.25) is 0 Å². The maximum Gasteiger partial charge on any atom is 0.320 e. The molecule has 0 bridgehead atoms. The van der Waals surface area contributed by atoms with E-state index in [0.717, 1.165) is 32.2 Å².